The number of rotatable bonds is 5. The number of carboxylic acid groups (broad SMARTS) is 1. The Bertz CT molecular complexity index is 991. The number of hydrogen-bond acceptors (Lipinski definition) is 5. The highest BCUT2D eigenvalue weighted by Gasteiger charge is 2.33. The van der Waals surface area contributed by atoms with Gasteiger partial charge in [0.25, 0.3) is 5.91 Å². The van der Waals surface area contributed by atoms with E-state index in [9.17, 15) is 19.8 Å². The Balaban J connectivity index is 2.04. The van der Waals surface area contributed by atoms with Crippen molar-refractivity contribution in [1.82, 2.24) is 9.47 Å². The van der Waals surface area contributed by atoms with Gasteiger partial charge in [0, 0.05) is 25.5 Å². The minimum absolute atomic E-state index is 0.144. The zero-order valence-electron chi connectivity index (χ0n) is 14.5. The van der Waals surface area contributed by atoms with Crippen LogP contribution in [0.4, 0.5) is 5.69 Å². The number of phenolic OH excluding ortho intramolecular Hbond substituents is 1. The quantitative estimate of drug-likeness (QED) is 0.611. The van der Waals surface area contributed by atoms with Crippen molar-refractivity contribution in [2.24, 2.45) is 12.0 Å². The summed E-state index contributed by atoms with van der Waals surface area (Å²) in [7, 11) is 1.88. The van der Waals surface area contributed by atoms with E-state index < -0.39 is 5.97 Å². The van der Waals surface area contributed by atoms with Crippen molar-refractivity contribution in [1.29, 1.82) is 0 Å². The van der Waals surface area contributed by atoms with Crippen LogP contribution in [0.3, 0.4) is 0 Å². The molecule has 2 heterocycles. The maximum atomic E-state index is 12.7. The van der Waals surface area contributed by atoms with E-state index in [1.54, 1.807) is 12.2 Å². The molecule has 8 heteroatoms. The Morgan fingerprint density at radius 3 is 2.78 bits per heavy atom. The number of thioether (sulfide) groups is 1. The monoisotopic (exact) mass is 383 g/mol. The number of aromatic hydroxyl groups is 1. The fourth-order valence-electron chi connectivity index (χ4n) is 2.54. The van der Waals surface area contributed by atoms with Gasteiger partial charge >= 0.3 is 5.97 Å². The molecule has 1 aromatic heterocycles. The van der Waals surface area contributed by atoms with Gasteiger partial charge in [0.2, 0.25) is 0 Å². The van der Waals surface area contributed by atoms with E-state index in [0.717, 1.165) is 23.5 Å². The zero-order chi connectivity index (χ0) is 19.6. The molecule has 3 rings (SSSR count). The number of nitrogens with zero attached hydrogens (tertiary/aromatic N) is 3. The minimum Gasteiger partial charge on any atom is -0.508 e. The molecule has 0 bridgehead atoms. The minimum atomic E-state index is -1.21. The molecule has 0 atom stereocenters. The van der Waals surface area contributed by atoms with Crippen molar-refractivity contribution in [3.8, 4) is 5.75 Å². The van der Waals surface area contributed by atoms with Crippen LogP contribution < -0.4 is 0 Å². The highest BCUT2D eigenvalue weighted by atomic mass is 32.2. The lowest BCUT2D eigenvalue weighted by atomic mass is 10.2. The molecule has 1 aliphatic heterocycles. The van der Waals surface area contributed by atoms with Gasteiger partial charge in [-0.1, -0.05) is 6.08 Å². The lowest BCUT2D eigenvalue weighted by Crippen LogP contribution is -2.29. The van der Waals surface area contributed by atoms with Crippen molar-refractivity contribution in [2.75, 3.05) is 6.54 Å². The summed E-state index contributed by atoms with van der Waals surface area (Å²) in [4.78, 5) is 30.5. The Labute approximate surface area is 159 Å². The van der Waals surface area contributed by atoms with Crippen LogP contribution in [0, 0.1) is 0 Å². The van der Waals surface area contributed by atoms with Gasteiger partial charge in [-0.2, -0.15) is 0 Å². The number of aryl methyl sites for hydroxylation is 1. The number of aromatic nitrogens is 1. The fraction of sp³-hybridized carbons (Fsp3) is 0.105. The Kier molecular flexibility index (Phi) is 5.18. The first kappa shape index (κ1) is 18.5. The molecule has 1 fully saturated rings. The largest absolute Gasteiger partial charge is 0.508 e. The summed E-state index contributed by atoms with van der Waals surface area (Å²) >= 11 is 1.16. The molecule has 0 spiro atoms. The van der Waals surface area contributed by atoms with Crippen LogP contribution in [0.15, 0.2) is 59.1 Å². The maximum Gasteiger partial charge on any atom is 0.338 e. The number of amidine groups is 1. The molecule has 0 unspecified atom stereocenters. The van der Waals surface area contributed by atoms with Crippen LogP contribution in [-0.2, 0) is 11.8 Å². The topological polar surface area (TPSA) is 95.1 Å². The first-order valence-electron chi connectivity index (χ1n) is 7.99. The molecule has 1 aromatic carbocycles. The molecule has 0 radical (unpaired) electrons. The highest BCUT2D eigenvalue weighted by Crippen LogP contribution is 2.35. The normalized spacial score (nSPS) is 17.1. The number of benzene rings is 1. The molecule has 1 saturated heterocycles. The van der Waals surface area contributed by atoms with Crippen LogP contribution >= 0.6 is 11.8 Å². The summed E-state index contributed by atoms with van der Waals surface area (Å²) in [5, 5.41) is 19.2. The van der Waals surface area contributed by atoms with Gasteiger partial charge in [0.05, 0.1) is 16.2 Å². The smallest absolute Gasteiger partial charge is 0.338 e. The molecular formula is C19H17N3O4S. The molecular weight excluding hydrogens is 366 g/mol. The number of amides is 1. The zero-order valence-corrected chi connectivity index (χ0v) is 15.3. The van der Waals surface area contributed by atoms with E-state index in [2.05, 4.69) is 11.6 Å². The summed E-state index contributed by atoms with van der Waals surface area (Å²) in [5.74, 6) is -1.61. The average molecular weight is 383 g/mol. The van der Waals surface area contributed by atoms with Crippen LogP contribution in [0.1, 0.15) is 16.1 Å². The standard InChI is InChI=1S/C19H17N3O4S/c1-3-8-22-17(24)16(10-12-5-4-9-21(12)2)27-19(22)20-15-7-6-13(23)11-14(15)18(25)26/h3-7,9-11,23H,1,8H2,2H3,(H,25,26)/b16-10-,20-19?. The molecule has 1 aliphatic rings. The second-order valence-electron chi connectivity index (χ2n) is 5.76. The van der Waals surface area contributed by atoms with Crippen LogP contribution in [-0.4, -0.2) is 43.3 Å². The molecule has 2 aromatic rings. The van der Waals surface area contributed by atoms with E-state index in [4.69, 9.17) is 0 Å². The first-order chi connectivity index (χ1) is 12.9. The Morgan fingerprint density at radius 2 is 2.15 bits per heavy atom. The predicted molar refractivity (Wildman–Crippen MR) is 105 cm³/mol. The average Bonchev–Trinajstić information content (AvgIpc) is 3.15. The molecule has 1 amide bonds. The van der Waals surface area contributed by atoms with Crippen LogP contribution in [0.25, 0.3) is 6.08 Å². The Morgan fingerprint density at radius 1 is 1.37 bits per heavy atom. The van der Waals surface area contributed by atoms with Crippen molar-refractivity contribution < 1.29 is 19.8 Å². The summed E-state index contributed by atoms with van der Waals surface area (Å²) < 4.78 is 1.89. The highest BCUT2D eigenvalue weighted by molar-refractivity contribution is 8.18. The number of phenols is 1. The van der Waals surface area contributed by atoms with Gasteiger partial charge in [-0.25, -0.2) is 9.79 Å². The Hall–Kier alpha value is -3.26. The van der Waals surface area contributed by atoms with Gasteiger partial charge in [0.1, 0.15) is 5.75 Å². The summed E-state index contributed by atoms with van der Waals surface area (Å²) in [6, 6.07) is 7.65. The van der Waals surface area contributed by atoms with E-state index in [-0.39, 0.29) is 29.5 Å². The van der Waals surface area contributed by atoms with Crippen LogP contribution in [0.5, 0.6) is 5.75 Å². The van der Waals surface area contributed by atoms with Gasteiger partial charge in [-0.15, -0.1) is 6.58 Å². The van der Waals surface area contributed by atoms with Gasteiger partial charge in [0.15, 0.2) is 5.17 Å². The van der Waals surface area contributed by atoms with Crippen molar-refractivity contribution in [3.63, 3.8) is 0 Å². The first-order valence-corrected chi connectivity index (χ1v) is 8.81. The number of carbonyl (C=O) groups excluding carboxylic acids is 1. The van der Waals surface area contributed by atoms with E-state index in [1.165, 1.54) is 17.0 Å². The molecule has 138 valence electrons. The van der Waals surface area contributed by atoms with Crippen LogP contribution in [0.2, 0.25) is 0 Å². The fourth-order valence-corrected chi connectivity index (χ4v) is 3.52. The van der Waals surface area contributed by atoms with E-state index in [0.29, 0.717) is 10.1 Å². The number of carboxylic acids is 1. The number of carbonyl (C=O) groups is 2. The molecule has 7 nitrogen and oxygen atoms in total. The number of aliphatic imine (C=N–C) groups is 1. The maximum absolute atomic E-state index is 12.7. The van der Waals surface area contributed by atoms with E-state index in [1.807, 2.05) is 29.9 Å². The molecule has 0 aliphatic carbocycles. The second kappa shape index (κ2) is 7.55. The van der Waals surface area contributed by atoms with E-state index >= 15 is 0 Å². The lowest BCUT2D eigenvalue weighted by molar-refractivity contribution is -0.121. The van der Waals surface area contributed by atoms with Gasteiger partial charge in [-0.05, 0) is 48.2 Å². The van der Waals surface area contributed by atoms with Crippen molar-refractivity contribution >= 4 is 40.6 Å². The summed E-state index contributed by atoms with van der Waals surface area (Å²) in [5.41, 5.74) is 0.875. The third-order valence-corrected chi connectivity index (χ3v) is 4.90. The molecule has 2 N–H and O–H groups in total. The van der Waals surface area contributed by atoms with Gasteiger partial charge in [-0.3, -0.25) is 9.69 Å². The summed E-state index contributed by atoms with van der Waals surface area (Å²) in [6.07, 6.45) is 5.22. The molecule has 27 heavy (non-hydrogen) atoms. The molecule has 0 saturated carbocycles. The lowest BCUT2D eigenvalue weighted by Gasteiger charge is -2.13. The third-order valence-electron chi connectivity index (χ3n) is 3.89. The number of aromatic carboxylic acids is 1. The summed E-state index contributed by atoms with van der Waals surface area (Å²) in [6.45, 7) is 3.91. The second-order valence-corrected chi connectivity index (χ2v) is 6.77. The van der Waals surface area contributed by atoms with Crippen molar-refractivity contribution in [2.45, 2.75) is 0 Å². The SMILES string of the molecule is C=CCN1C(=O)/C(=C/c2cccn2C)SC1=Nc1ccc(O)cc1C(=O)O. The third kappa shape index (κ3) is 3.80. The van der Waals surface area contributed by atoms with Crippen molar-refractivity contribution in [3.05, 3.63) is 65.3 Å². The van der Waals surface area contributed by atoms with Gasteiger partial charge < -0.3 is 14.8 Å². The number of hydrogen-bond donors (Lipinski definition) is 2. The predicted octanol–water partition coefficient (Wildman–Crippen LogP) is 3.22.